The molecule has 154 valence electrons. The van der Waals surface area contributed by atoms with Crippen molar-refractivity contribution in [3.05, 3.63) is 33.9 Å². The second-order valence-electron chi connectivity index (χ2n) is 7.46. The third-order valence-electron chi connectivity index (χ3n) is 4.84. The first-order valence-electron chi connectivity index (χ1n) is 9.44. The molecule has 2 aliphatic rings. The molecule has 1 saturated heterocycles. The van der Waals surface area contributed by atoms with E-state index >= 15 is 0 Å². The predicted molar refractivity (Wildman–Crippen MR) is 108 cm³/mol. The molecular weight excluding hydrogens is 394 g/mol. The first-order chi connectivity index (χ1) is 13.8. The van der Waals surface area contributed by atoms with Gasteiger partial charge < -0.3 is 10.6 Å². The number of aromatic nitrogens is 4. The lowest BCUT2D eigenvalue weighted by molar-refractivity contribution is -0.125. The van der Waals surface area contributed by atoms with E-state index < -0.39 is 6.29 Å². The Balaban J connectivity index is 1.50. The Morgan fingerprint density at radius 1 is 1.31 bits per heavy atom. The number of carbonyl (C=O) groups excluding carboxylic acids is 2. The van der Waals surface area contributed by atoms with Gasteiger partial charge in [0, 0.05) is 42.5 Å². The summed E-state index contributed by atoms with van der Waals surface area (Å²) in [6.45, 7) is 5.52. The number of amides is 2. The minimum absolute atomic E-state index is 0.00310. The number of aryl methyl sites for hydroxylation is 2. The first kappa shape index (κ1) is 19.6. The maximum absolute atomic E-state index is 12.7. The van der Waals surface area contributed by atoms with Crippen LogP contribution in [0.4, 0.5) is 5.82 Å². The molecule has 10 nitrogen and oxygen atoms in total. The monoisotopic (exact) mass is 417 g/mol. The van der Waals surface area contributed by atoms with Crippen molar-refractivity contribution in [3.8, 4) is 0 Å². The smallest absolute Gasteiger partial charge is 0.254 e. The van der Waals surface area contributed by atoms with Crippen LogP contribution in [0.1, 0.15) is 43.5 Å². The number of hydrogen-bond donors (Lipinski definition) is 3. The fraction of sp³-hybridized carbons (Fsp3) is 0.500. The normalized spacial score (nSPS) is 23.6. The van der Waals surface area contributed by atoms with E-state index in [1.54, 1.807) is 22.2 Å². The van der Waals surface area contributed by atoms with Crippen molar-refractivity contribution in [2.45, 2.75) is 57.1 Å². The van der Waals surface area contributed by atoms with Crippen LogP contribution in [0.3, 0.4) is 0 Å². The van der Waals surface area contributed by atoms with Crippen LogP contribution < -0.4 is 21.5 Å². The van der Waals surface area contributed by atoms with Crippen molar-refractivity contribution in [1.82, 2.24) is 30.0 Å². The van der Waals surface area contributed by atoms with Crippen LogP contribution in [-0.4, -0.2) is 42.9 Å². The lowest BCUT2D eigenvalue weighted by Gasteiger charge is -2.30. The third-order valence-corrected chi connectivity index (χ3v) is 5.94. The molecule has 4 rings (SSSR count). The molecule has 3 atom stereocenters. The number of nitrogens with one attached hydrogen (secondary N) is 3. The average Bonchev–Trinajstić information content (AvgIpc) is 3.17. The summed E-state index contributed by atoms with van der Waals surface area (Å²) in [6.07, 6.45) is 0.00246. The van der Waals surface area contributed by atoms with E-state index in [0.29, 0.717) is 34.5 Å². The van der Waals surface area contributed by atoms with Gasteiger partial charge in [-0.15, -0.1) is 0 Å². The van der Waals surface area contributed by atoms with E-state index in [9.17, 15) is 14.4 Å². The molecule has 3 N–H and O–H groups in total. The molecule has 0 bridgehead atoms. The van der Waals surface area contributed by atoms with Crippen LogP contribution in [0.2, 0.25) is 0 Å². The Hall–Kier alpha value is -2.66. The van der Waals surface area contributed by atoms with Crippen molar-refractivity contribution in [1.29, 1.82) is 0 Å². The molecule has 0 spiro atoms. The van der Waals surface area contributed by atoms with Gasteiger partial charge in [0.05, 0.1) is 11.7 Å². The number of rotatable bonds is 4. The predicted octanol–water partition coefficient (Wildman–Crippen LogP) is 0.686. The summed E-state index contributed by atoms with van der Waals surface area (Å²) in [5.74, 6) is 0.801. The van der Waals surface area contributed by atoms with Gasteiger partial charge in [-0.1, -0.05) is 11.8 Å². The zero-order chi connectivity index (χ0) is 20.7. The topological polar surface area (TPSA) is 123 Å². The summed E-state index contributed by atoms with van der Waals surface area (Å²) >= 11 is 1.48. The molecule has 4 heterocycles. The summed E-state index contributed by atoms with van der Waals surface area (Å²) in [6, 6.07) is 2.98. The molecule has 29 heavy (non-hydrogen) atoms. The maximum Gasteiger partial charge on any atom is 0.254 e. The maximum atomic E-state index is 12.7. The van der Waals surface area contributed by atoms with Crippen molar-refractivity contribution < 1.29 is 9.59 Å². The molecule has 11 heteroatoms. The Morgan fingerprint density at radius 3 is 2.86 bits per heavy atom. The van der Waals surface area contributed by atoms with Gasteiger partial charge >= 0.3 is 0 Å². The summed E-state index contributed by atoms with van der Waals surface area (Å²) < 4.78 is 3.15. The molecule has 0 radical (unpaired) electrons. The quantitative estimate of drug-likeness (QED) is 0.625. The van der Waals surface area contributed by atoms with E-state index in [0.717, 1.165) is 0 Å². The van der Waals surface area contributed by atoms with E-state index in [1.165, 1.54) is 17.8 Å². The molecule has 2 amide bonds. The largest absolute Gasteiger partial charge is 0.322 e. The van der Waals surface area contributed by atoms with Gasteiger partial charge in [-0.2, -0.15) is 5.10 Å². The van der Waals surface area contributed by atoms with Gasteiger partial charge in [0.1, 0.15) is 5.82 Å². The summed E-state index contributed by atoms with van der Waals surface area (Å²) in [4.78, 5) is 41.3. The number of carbonyl (C=O) groups is 2. The van der Waals surface area contributed by atoms with Gasteiger partial charge in [-0.05, 0) is 20.8 Å². The van der Waals surface area contributed by atoms with E-state index in [1.807, 2.05) is 13.8 Å². The second kappa shape index (κ2) is 7.64. The van der Waals surface area contributed by atoms with Crippen LogP contribution in [0.15, 0.2) is 22.1 Å². The fourth-order valence-corrected chi connectivity index (χ4v) is 4.81. The summed E-state index contributed by atoms with van der Waals surface area (Å²) in [7, 11) is 0. The number of hydrogen-bond acceptors (Lipinski definition) is 7. The lowest BCUT2D eigenvalue weighted by Crippen LogP contribution is -2.52. The molecule has 2 aromatic rings. The Kier molecular flexibility index (Phi) is 5.17. The molecular formula is C18H23N7O3S. The standard InChI is InChI=1S/C18H23N7O3S/c1-9-5-14(26)22-17(19-9)25-13(4-11(3)23-25)21-15(27)7-12-8-29-18-20-10(2)6-16(28)24(12)18/h4,6,9,12,17,19H,5,7-8H2,1-3H3,(H,21,27)(H,22,26). The minimum atomic E-state index is -0.534. The number of thioether (sulfide) groups is 1. The molecule has 3 unspecified atom stereocenters. The van der Waals surface area contributed by atoms with Crippen LogP contribution in [0.25, 0.3) is 0 Å². The molecule has 0 aromatic carbocycles. The van der Waals surface area contributed by atoms with Crippen molar-refractivity contribution in [2.75, 3.05) is 11.1 Å². The zero-order valence-electron chi connectivity index (χ0n) is 16.4. The Labute approximate surface area is 171 Å². The molecule has 0 aliphatic carbocycles. The Bertz CT molecular complexity index is 1030. The molecule has 2 aliphatic heterocycles. The SMILES string of the molecule is Cc1cc(=O)n2c(n1)SCC2CC(=O)Nc1cc(C)nn1C1NC(=O)CC(C)N1. The van der Waals surface area contributed by atoms with Crippen LogP contribution in [0, 0.1) is 13.8 Å². The van der Waals surface area contributed by atoms with Gasteiger partial charge in [0.2, 0.25) is 11.8 Å². The summed E-state index contributed by atoms with van der Waals surface area (Å²) in [5, 5.41) is 14.0. The third kappa shape index (κ3) is 4.06. The first-order valence-corrected chi connectivity index (χ1v) is 10.4. The van der Waals surface area contributed by atoms with E-state index in [4.69, 9.17) is 0 Å². The van der Waals surface area contributed by atoms with Crippen molar-refractivity contribution in [2.24, 2.45) is 0 Å². The second-order valence-corrected chi connectivity index (χ2v) is 8.45. The summed E-state index contributed by atoms with van der Waals surface area (Å²) in [5.41, 5.74) is 1.25. The van der Waals surface area contributed by atoms with Gasteiger partial charge in [0.25, 0.3) is 5.56 Å². The average molecular weight is 417 g/mol. The highest BCUT2D eigenvalue weighted by Crippen LogP contribution is 2.32. The zero-order valence-corrected chi connectivity index (χ0v) is 17.2. The molecule has 2 aromatic heterocycles. The highest BCUT2D eigenvalue weighted by atomic mass is 32.2. The van der Waals surface area contributed by atoms with Crippen LogP contribution in [0.5, 0.6) is 0 Å². The number of nitrogens with zero attached hydrogens (tertiary/aromatic N) is 4. The minimum Gasteiger partial charge on any atom is -0.322 e. The van der Waals surface area contributed by atoms with Crippen molar-refractivity contribution in [3.63, 3.8) is 0 Å². The van der Waals surface area contributed by atoms with Gasteiger partial charge in [-0.25, -0.2) is 9.67 Å². The highest BCUT2D eigenvalue weighted by Gasteiger charge is 2.29. The molecule has 1 fully saturated rings. The van der Waals surface area contributed by atoms with Crippen LogP contribution in [-0.2, 0) is 9.59 Å². The lowest BCUT2D eigenvalue weighted by atomic mass is 10.2. The van der Waals surface area contributed by atoms with Gasteiger partial charge in [-0.3, -0.25) is 24.3 Å². The van der Waals surface area contributed by atoms with Crippen molar-refractivity contribution >= 4 is 29.4 Å². The fourth-order valence-electron chi connectivity index (χ4n) is 3.62. The Morgan fingerprint density at radius 2 is 2.10 bits per heavy atom. The van der Waals surface area contributed by atoms with Crippen LogP contribution >= 0.6 is 11.8 Å². The van der Waals surface area contributed by atoms with Gasteiger partial charge in [0.15, 0.2) is 11.4 Å². The van der Waals surface area contributed by atoms with E-state index in [-0.39, 0.29) is 35.9 Å². The molecule has 0 saturated carbocycles. The number of anilines is 1. The van der Waals surface area contributed by atoms with E-state index in [2.05, 4.69) is 26.0 Å². The highest BCUT2D eigenvalue weighted by molar-refractivity contribution is 7.99. The number of fused-ring (bicyclic) bond motifs is 1.